The smallest absolute Gasteiger partial charge is 0.410 e. The third kappa shape index (κ3) is 0.945. The summed E-state index contributed by atoms with van der Waals surface area (Å²) in [5.41, 5.74) is 0. The van der Waals surface area contributed by atoms with Crippen LogP contribution in [0.2, 0.25) is 0 Å². The van der Waals surface area contributed by atoms with Crippen molar-refractivity contribution < 1.29 is 14.6 Å². The van der Waals surface area contributed by atoms with Gasteiger partial charge in [0, 0.05) is 7.05 Å². The maximum Gasteiger partial charge on any atom is 0.410 e. The summed E-state index contributed by atoms with van der Waals surface area (Å²) in [5, 5.41) is 8.75. The second kappa shape index (κ2) is 2.46. The Hall–Kier alpha value is -0.770. The molecule has 1 aliphatic rings. The van der Waals surface area contributed by atoms with Crippen molar-refractivity contribution in [3.63, 3.8) is 0 Å². The maximum atomic E-state index is 10.7. The lowest BCUT2D eigenvalue weighted by Crippen LogP contribution is -2.35. The van der Waals surface area contributed by atoms with Crippen LogP contribution in [-0.2, 0) is 4.74 Å². The molecule has 1 aliphatic heterocycles. The number of cyclic esters (lactones) is 1. The highest BCUT2D eigenvalue weighted by atomic mass is 16.6. The van der Waals surface area contributed by atoms with Crippen LogP contribution in [0.5, 0.6) is 0 Å². The van der Waals surface area contributed by atoms with Gasteiger partial charge in [-0.1, -0.05) is 0 Å². The van der Waals surface area contributed by atoms with Crippen LogP contribution in [0.15, 0.2) is 0 Å². The zero-order chi connectivity index (χ0) is 7.72. The van der Waals surface area contributed by atoms with Gasteiger partial charge in [-0.05, 0) is 6.92 Å². The molecule has 0 spiro atoms. The highest BCUT2D eigenvalue weighted by molar-refractivity contribution is 5.70. The Morgan fingerprint density at radius 2 is 2.40 bits per heavy atom. The number of aliphatic hydroxyl groups is 1. The zero-order valence-corrected chi connectivity index (χ0v) is 6.07. The quantitative estimate of drug-likeness (QED) is 0.556. The van der Waals surface area contributed by atoms with Gasteiger partial charge < -0.3 is 14.7 Å². The van der Waals surface area contributed by atoms with Crippen molar-refractivity contribution in [2.45, 2.75) is 19.1 Å². The Kier molecular flexibility index (Phi) is 1.80. The van der Waals surface area contributed by atoms with Crippen LogP contribution >= 0.6 is 0 Å². The Morgan fingerprint density at radius 1 is 1.80 bits per heavy atom. The minimum Gasteiger partial charge on any atom is -0.444 e. The molecule has 1 fully saturated rings. The Bertz CT molecular complexity index is 148. The summed E-state index contributed by atoms with van der Waals surface area (Å²) in [4.78, 5) is 12.2. The Balaban J connectivity index is 2.64. The van der Waals surface area contributed by atoms with E-state index in [1.165, 1.54) is 4.90 Å². The fourth-order valence-corrected chi connectivity index (χ4v) is 1.04. The Labute approximate surface area is 59.4 Å². The molecular weight excluding hydrogens is 134 g/mol. The molecule has 0 aliphatic carbocycles. The topological polar surface area (TPSA) is 49.8 Å². The summed E-state index contributed by atoms with van der Waals surface area (Å²) in [5.74, 6) is 0. The number of carbonyl (C=O) groups is 1. The van der Waals surface area contributed by atoms with E-state index < -0.39 is 0 Å². The van der Waals surface area contributed by atoms with Crippen molar-refractivity contribution in [1.29, 1.82) is 0 Å². The summed E-state index contributed by atoms with van der Waals surface area (Å²) >= 11 is 0. The first-order valence-electron chi connectivity index (χ1n) is 3.21. The van der Waals surface area contributed by atoms with E-state index in [9.17, 15) is 4.79 Å². The number of aliphatic hydroxyl groups excluding tert-OH is 1. The molecule has 0 saturated carbocycles. The highest BCUT2D eigenvalue weighted by Crippen LogP contribution is 2.15. The SMILES string of the molecule is C[C@@H]1OC(=O)N(C)[C@H]1CO. The Morgan fingerprint density at radius 3 is 2.60 bits per heavy atom. The highest BCUT2D eigenvalue weighted by Gasteiger charge is 2.35. The largest absolute Gasteiger partial charge is 0.444 e. The zero-order valence-electron chi connectivity index (χ0n) is 6.07. The summed E-state index contributed by atoms with van der Waals surface area (Å²) in [7, 11) is 1.62. The number of hydrogen-bond donors (Lipinski definition) is 1. The molecule has 0 aromatic carbocycles. The van der Waals surface area contributed by atoms with E-state index in [1.54, 1.807) is 14.0 Å². The van der Waals surface area contributed by atoms with E-state index in [0.717, 1.165) is 0 Å². The fourth-order valence-electron chi connectivity index (χ4n) is 1.04. The molecule has 1 amide bonds. The predicted molar refractivity (Wildman–Crippen MR) is 34.6 cm³/mol. The van der Waals surface area contributed by atoms with Gasteiger partial charge in [0.05, 0.1) is 12.6 Å². The lowest BCUT2D eigenvalue weighted by molar-refractivity contribution is 0.129. The lowest BCUT2D eigenvalue weighted by Gasteiger charge is -2.15. The first-order valence-corrected chi connectivity index (χ1v) is 3.21. The maximum absolute atomic E-state index is 10.7. The number of nitrogens with zero attached hydrogens (tertiary/aromatic N) is 1. The van der Waals surface area contributed by atoms with Crippen molar-refractivity contribution >= 4 is 6.09 Å². The summed E-state index contributed by atoms with van der Waals surface area (Å²) in [6.07, 6.45) is -0.547. The summed E-state index contributed by atoms with van der Waals surface area (Å²) in [6, 6.07) is -0.174. The van der Waals surface area contributed by atoms with Gasteiger partial charge in [-0.3, -0.25) is 0 Å². The fraction of sp³-hybridized carbons (Fsp3) is 0.833. The monoisotopic (exact) mass is 145 g/mol. The number of amides is 1. The molecule has 0 aromatic rings. The molecule has 4 heteroatoms. The second-order valence-corrected chi connectivity index (χ2v) is 2.45. The average molecular weight is 145 g/mol. The molecule has 58 valence electrons. The summed E-state index contributed by atoms with van der Waals surface area (Å²) in [6.45, 7) is 1.73. The number of hydrogen-bond acceptors (Lipinski definition) is 3. The third-order valence-corrected chi connectivity index (χ3v) is 1.80. The van der Waals surface area contributed by atoms with Crippen LogP contribution in [0, 0.1) is 0 Å². The van der Waals surface area contributed by atoms with Crippen LogP contribution in [0.4, 0.5) is 4.79 Å². The summed E-state index contributed by atoms with van der Waals surface area (Å²) < 4.78 is 4.80. The molecule has 1 rings (SSSR count). The molecular formula is C6H11NO3. The van der Waals surface area contributed by atoms with Crippen LogP contribution in [0.3, 0.4) is 0 Å². The van der Waals surface area contributed by atoms with Gasteiger partial charge in [0.2, 0.25) is 0 Å². The lowest BCUT2D eigenvalue weighted by atomic mass is 10.2. The van der Waals surface area contributed by atoms with Crippen molar-refractivity contribution in [1.82, 2.24) is 4.90 Å². The van der Waals surface area contributed by atoms with Gasteiger partial charge in [0.25, 0.3) is 0 Å². The van der Waals surface area contributed by atoms with Gasteiger partial charge in [0.15, 0.2) is 0 Å². The number of likely N-dealkylation sites (N-methyl/N-ethyl adjacent to an activating group) is 1. The van der Waals surface area contributed by atoms with E-state index in [1.807, 2.05) is 0 Å². The predicted octanol–water partition coefficient (Wildman–Crippen LogP) is -0.182. The minimum absolute atomic E-state index is 0.0383. The third-order valence-electron chi connectivity index (χ3n) is 1.80. The normalized spacial score (nSPS) is 32.7. The molecule has 1 heterocycles. The van der Waals surface area contributed by atoms with Crippen molar-refractivity contribution in [2.24, 2.45) is 0 Å². The average Bonchev–Trinajstić information content (AvgIpc) is 2.09. The van der Waals surface area contributed by atoms with E-state index in [4.69, 9.17) is 9.84 Å². The van der Waals surface area contributed by atoms with Crippen molar-refractivity contribution in [3.8, 4) is 0 Å². The van der Waals surface area contributed by atoms with Crippen LogP contribution in [0.1, 0.15) is 6.92 Å². The minimum atomic E-state index is -0.355. The first-order chi connectivity index (χ1) is 4.66. The number of ether oxygens (including phenoxy) is 1. The molecule has 0 radical (unpaired) electrons. The van der Waals surface area contributed by atoms with Crippen LogP contribution in [-0.4, -0.2) is 41.9 Å². The number of rotatable bonds is 1. The van der Waals surface area contributed by atoms with Gasteiger partial charge in [-0.15, -0.1) is 0 Å². The van der Waals surface area contributed by atoms with E-state index in [0.29, 0.717) is 0 Å². The first kappa shape index (κ1) is 7.34. The molecule has 0 unspecified atom stereocenters. The second-order valence-electron chi connectivity index (χ2n) is 2.45. The molecule has 0 bridgehead atoms. The van der Waals surface area contributed by atoms with E-state index in [2.05, 4.69) is 0 Å². The van der Waals surface area contributed by atoms with Gasteiger partial charge >= 0.3 is 6.09 Å². The number of carbonyl (C=O) groups excluding carboxylic acids is 1. The molecule has 4 nitrogen and oxygen atoms in total. The van der Waals surface area contributed by atoms with Gasteiger partial charge in [-0.2, -0.15) is 0 Å². The van der Waals surface area contributed by atoms with Gasteiger partial charge in [-0.25, -0.2) is 4.79 Å². The van der Waals surface area contributed by atoms with E-state index >= 15 is 0 Å². The van der Waals surface area contributed by atoms with Crippen LogP contribution < -0.4 is 0 Å². The van der Waals surface area contributed by atoms with Crippen molar-refractivity contribution in [3.05, 3.63) is 0 Å². The van der Waals surface area contributed by atoms with Crippen molar-refractivity contribution in [2.75, 3.05) is 13.7 Å². The standard InChI is InChI=1S/C6H11NO3/c1-4-5(3-8)7(2)6(9)10-4/h4-5,8H,3H2,1-2H3/t4-,5-/m0/s1. The van der Waals surface area contributed by atoms with E-state index in [-0.39, 0.29) is 24.8 Å². The molecule has 0 aromatic heterocycles. The molecule has 10 heavy (non-hydrogen) atoms. The molecule has 1 saturated heterocycles. The van der Waals surface area contributed by atoms with Gasteiger partial charge in [0.1, 0.15) is 6.10 Å². The molecule has 2 atom stereocenters. The van der Waals surface area contributed by atoms with Crippen LogP contribution in [0.25, 0.3) is 0 Å². The molecule has 1 N–H and O–H groups in total.